The third kappa shape index (κ3) is 3.93. The van der Waals surface area contributed by atoms with E-state index in [4.69, 9.17) is 0 Å². The number of carbonyl (C=O) groups is 2. The monoisotopic (exact) mass is 468 g/mol. The van der Waals surface area contributed by atoms with Crippen LogP contribution >= 0.6 is 0 Å². The largest absolute Gasteiger partial charge is 0.394 e. The molecule has 1 aliphatic carbocycles. The van der Waals surface area contributed by atoms with E-state index in [1.165, 1.54) is 0 Å². The van der Waals surface area contributed by atoms with Crippen LogP contribution in [0.15, 0.2) is 46.5 Å². The third-order valence-electron chi connectivity index (χ3n) is 8.01. The number of nitrogens with one attached hydrogen (secondary N) is 2. The van der Waals surface area contributed by atoms with Crippen molar-refractivity contribution in [1.29, 1.82) is 0 Å². The summed E-state index contributed by atoms with van der Waals surface area (Å²) >= 11 is 0. The van der Waals surface area contributed by atoms with Crippen LogP contribution in [-0.4, -0.2) is 61.1 Å². The van der Waals surface area contributed by atoms with Gasteiger partial charge < -0.3 is 20.6 Å². The molecule has 2 heterocycles. The van der Waals surface area contributed by atoms with Gasteiger partial charge in [0.25, 0.3) is 0 Å². The van der Waals surface area contributed by atoms with Gasteiger partial charge in [-0.3, -0.25) is 9.79 Å². The summed E-state index contributed by atoms with van der Waals surface area (Å²) in [5.41, 5.74) is 2.36. The zero-order valence-corrected chi connectivity index (χ0v) is 21.4. The van der Waals surface area contributed by atoms with E-state index in [1.54, 1.807) is 4.90 Å². The molecule has 0 bridgehead atoms. The first-order chi connectivity index (χ1) is 15.5. The smallest absolute Gasteiger partial charge is 0.318 e. The average molecular weight is 469 g/mol. The first kappa shape index (κ1) is 23.7. The summed E-state index contributed by atoms with van der Waals surface area (Å²) in [4.78, 5) is 33.1. The van der Waals surface area contributed by atoms with Gasteiger partial charge in [0.15, 0.2) is 0 Å². The highest BCUT2D eigenvalue weighted by molar-refractivity contribution is 6.82. The lowest BCUT2D eigenvalue weighted by atomic mass is 9.83. The van der Waals surface area contributed by atoms with Crippen LogP contribution in [-0.2, 0) is 4.79 Å². The number of hydrogen-bond donors (Lipinski definition) is 3. The minimum atomic E-state index is -1.69. The lowest BCUT2D eigenvalue weighted by Crippen LogP contribution is -2.55. The van der Waals surface area contributed by atoms with Crippen LogP contribution in [0.4, 0.5) is 4.79 Å². The maximum absolute atomic E-state index is 13.4. The van der Waals surface area contributed by atoms with Crippen molar-refractivity contribution in [3.63, 3.8) is 0 Å². The van der Waals surface area contributed by atoms with Gasteiger partial charge in [0.1, 0.15) is 5.84 Å². The van der Waals surface area contributed by atoms with E-state index < -0.39 is 19.7 Å². The lowest BCUT2D eigenvalue weighted by molar-refractivity contribution is -0.125. The molecular formula is C25H36N4O3Si. The van der Waals surface area contributed by atoms with Crippen molar-refractivity contribution in [2.45, 2.75) is 69.4 Å². The first-order valence-corrected chi connectivity index (χ1v) is 15.3. The summed E-state index contributed by atoms with van der Waals surface area (Å²) < 4.78 is 0. The zero-order valence-electron chi connectivity index (χ0n) is 20.4. The van der Waals surface area contributed by atoms with Gasteiger partial charge in [0.2, 0.25) is 5.91 Å². The molecule has 1 saturated carbocycles. The molecule has 33 heavy (non-hydrogen) atoms. The first-order valence-electron chi connectivity index (χ1n) is 11.8. The minimum absolute atomic E-state index is 0.102. The SMILES string of the molecule is CC1(C)C2=C(CN1C(=O)N[C@H](CO)c1ccccc1)C(NC(=O)C1([Si](C)(C)C)CCC1)=NC2. The molecule has 3 amide bonds. The van der Waals surface area contributed by atoms with Crippen molar-refractivity contribution in [2.24, 2.45) is 4.99 Å². The Morgan fingerprint density at radius 1 is 1.18 bits per heavy atom. The van der Waals surface area contributed by atoms with Gasteiger partial charge in [-0.05, 0) is 37.8 Å². The topological polar surface area (TPSA) is 94.0 Å². The van der Waals surface area contributed by atoms with Gasteiger partial charge in [-0.1, -0.05) is 56.4 Å². The Morgan fingerprint density at radius 3 is 2.39 bits per heavy atom. The standard InChI is InChI=1S/C25H36N4O3Si/c1-24(2)19-14-26-21(28-22(31)25(12-9-13-25)33(3,4)5)18(19)15-29(24)23(32)27-20(16-30)17-10-7-6-8-11-17/h6-8,10-11,20,30H,9,12-16H2,1-5H3,(H,27,32)(H,26,28,31)/t20-/m1/s1. The second-order valence-electron chi connectivity index (χ2n) is 11.0. The molecule has 1 aromatic rings. The predicted octanol–water partition coefficient (Wildman–Crippen LogP) is 3.61. The number of amidine groups is 1. The quantitative estimate of drug-likeness (QED) is 0.576. The number of urea groups is 1. The number of aliphatic imine (C=N–C) groups is 1. The number of carbonyl (C=O) groups excluding carboxylic acids is 2. The lowest BCUT2D eigenvalue weighted by Gasteiger charge is -2.49. The molecule has 1 aromatic carbocycles. The van der Waals surface area contributed by atoms with E-state index >= 15 is 0 Å². The highest BCUT2D eigenvalue weighted by atomic mass is 28.3. The van der Waals surface area contributed by atoms with Crippen molar-refractivity contribution < 1.29 is 14.7 Å². The summed E-state index contributed by atoms with van der Waals surface area (Å²) in [5.74, 6) is 0.732. The van der Waals surface area contributed by atoms with E-state index in [-0.39, 0.29) is 23.6 Å². The molecule has 0 spiro atoms. The Labute approximate surface area is 197 Å². The van der Waals surface area contributed by atoms with E-state index in [9.17, 15) is 14.7 Å². The molecule has 2 aliphatic heterocycles. The second-order valence-corrected chi connectivity index (χ2v) is 16.5. The van der Waals surface area contributed by atoms with E-state index in [0.29, 0.717) is 18.9 Å². The molecule has 0 unspecified atom stereocenters. The Morgan fingerprint density at radius 2 is 1.85 bits per heavy atom. The summed E-state index contributed by atoms with van der Waals surface area (Å²) in [6.45, 7) is 11.5. The van der Waals surface area contributed by atoms with E-state index in [1.807, 2.05) is 44.2 Å². The Bertz CT molecular complexity index is 1010. The van der Waals surface area contributed by atoms with Gasteiger partial charge in [-0.15, -0.1) is 0 Å². The van der Waals surface area contributed by atoms with Crippen molar-refractivity contribution in [2.75, 3.05) is 19.7 Å². The van der Waals surface area contributed by atoms with Crippen LogP contribution in [0, 0.1) is 0 Å². The van der Waals surface area contributed by atoms with Crippen LogP contribution < -0.4 is 10.6 Å². The van der Waals surface area contributed by atoms with Gasteiger partial charge in [0.05, 0.1) is 39.4 Å². The molecule has 8 heteroatoms. The molecule has 0 radical (unpaired) electrons. The Kier molecular flexibility index (Phi) is 6.03. The van der Waals surface area contributed by atoms with E-state index in [0.717, 1.165) is 36.0 Å². The number of benzene rings is 1. The van der Waals surface area contributed by atoms with Crippen LogP contribution in [0.25, 0.3) is 0 Å². The molecule has 1 atom stereocenters. The second kappa shape index (κ2) is 8.40. The Balaban J connectivity index is 1.48. The van der Waals surface area contributed by atoms with Gasteiger partial charge in [-0.25, -0.2) is 4.79 Å². The maximum Gasteiger partial charge on any atom is 0.318 e. The number of amides is 3. The molecule has 178 valence electrons. The molecule has 3 aliphatic rings. The molecule has 7 nitrogen and oxygen atoms in total. The molecule has 4 rings (SSSR count). The van der Waals surface area contributed by atoms with Gasteiger partial charge >= 0.3 is 6.03 Å². The minimum Gasteiger partial charge on any atom is -0.394 e. The average Bonchev–Trinajstić information content (AvgIpc) is 3.23. The summed E-state index contributed by atoms with van der Waals surface area (Å²) in [6, 6.07) is 8.76. The summed E-state index contributed by atoms with van der Waals surface area (Å²) in [6.07, 6.45) is 3.01. The van der Waals surface area contributed by atoms with E-state index in [2.05, 4.69) is 35.3 Å². The summed E-state index contributed by atoms with van der Waals surface area (Å²) in [5, 5.41) is 15.8. The van der Waals surface area contributed by atoms with Crippen molar-refractivity contribution in [1.82, 2.24) is 15.5 Å². The van der Waals surface area contributed by atoms with Crippen molar-refractivity contribution in [3.05, 3.63) is 47.0 Å². The number of aliphatic hydroxyl groups is 1. The highest BCUT2D eigenvalue weighted by Gasteiger charge is 2.54. The van der Waals surface area contributed by atoms with Crippen LogP contribution in [0.3, 0.4) is 0 Å². The molecule has 3 N–H and O–H groups in total. The van der Waals surface area contributed by atoms with Gasteiger partial charge in [0, 0.05) is 10.6 Å². The third-order valence-corrected chi connectivity index (χ3v) is 11.6. The molecule has 1 fully saturated rings. The molecule has 0 saturated heterocycles. The van der Waals surface area contributed by atoms with Crippen LogP contribution in [0.2, 0.25) is 24.7 Å². The van der Waals surface area contributed by atoms with Gasteiger partial charge in [-0.2, -0.15) is 0 Å². The van der Waals surface area contributed by atoms with Crippen LogP contribution in [0.5, 0.6) is 0 Å². The van der Waals surface area contributed by atoms with Crippen LogP contribution in [0.1, 0.15) is 44.7 Å². The normalized spacial score (nSPS) is 21.8. The number of nitrogens with zero attached hydrogens (tertiary/aromatic N) is 2. The number of rotatable bonds is 5. The maximum atomic E-state index is 13.4. The molecule has 0 aromatic heterocycles. The fourth-order valence-electron chi connectivity index (χ4n) is 5.41. The van der Waals surface area contributed by atoms with Crippen molar-refractivity contribution >= 4 is 25.8 Å². The molecular weight excluding hydrogens is 432 g/mol. The summed E-state index contributed by atoms with van der Waals surface area (Å²) in [7, 11) is -1.69. The number of hydrogen-bond acceptors (Lipinski definition) is 4. The highest BCUT2D eigenvalue weighted by Crippen LogP contribution is 2.55. The fourth-order valence-corrected chi connectivity index (χ4v) is 8.00. The predicted molar refractivity (Wildman–Crippen MR) is 133 cm³/mol. The fraction of sp³-hybridized carbons (Fsp3) is 0.560. The zero-order chi connectivity index (χ0) is 24.0. The Hall–Kier alpha value is -2.45. The number of aliphatic hydroxyl groups excluding tert-OH is 1. The van der Waals surface area contributed by atoms with Crippen molar-refractivity contribution in [3.8, 4) is 0 Å².